The van der Waals surface area contributed by atoms with Crippen molar-refractivity contribution >= 4 is 32.6 Å². The van der Waals surface area contributed by atoms with Gasteiger partial charge in [-0.15, -0.1) is 0 Å². The van der Waals surface area contributed by atoms with Crippen LogP contribution in [0.1, 0.15) is 49.7 Å². The van der Waals surface area contributed by atoms with Crippen LogP contribution in [0.3, 0.4) is 0 Å². The van der Waals surface area contributed by atoms with Crippen molar-refractivity contribution in [1.82, 2.24) is 4.57 Å². The van der Waals surface area contributed by atoms with Gasteiger partial charge in [-0.3, -0.25) is 0 Å². The number of aromatic nitrogens is 1. The largest absolute Gasteiger partial charge is 0.309 e. The third-order valence-corrected chi connectivity index (χ3v) is 10.9. The molecule has 40 heavy (non-hydrogen) atoms. The third kappa shape index (κ3) is 3.27. The minimum absolute atomic E-state index is 0.441. The molecule has 0 atom stereocenters. The average molecular weight is 518 g/mol. The first-order chi connectivity index (χ1) is 19.6. The van der Waals surface area contributed by atoms with Crippen LogP contribution in [0.5, 0.6) is 0 Å². The van der Waals surface area contributed by atoms with E-state index in [1.807, 2.05) is 0 Å². The highest BCUT2D eigenvalue weighted by molar-refractivity contribution is 6.15. The lowest BCUT2D eigenvalue weighted by molar-refractivity contribution is -0.00518. The van der Waals surface area contributed by atoms with Gasteiger partial charge in [0.05, 0.1) is 11.0 Å². The van der Waals surface area contributed by atoms with Crippen molar-refractivity contribution in [3.63, 3.8) is 0 Å². The molecular formula is C39H35N. The van der Waals surface area contributed by atoms with Crippen LogP contribution in [-0.2, 0) is 5.41 Å². The molecule has 10 rings (SSSR count). The number of nitrogens with zero attached hydrogens (tertiary/aromatic N) is 1. The Bertz CT molecular complexity index is 1900. The Hall–Kier alpha value is -3.84. The van der Waals surface area contributed by atoms with Crippen LogP contribution in [0.25, 0.3) is 49.4 Å². The molecule has 196 valence electrons. The molecule has 1 aromatic heterocycles. The third-order valence-electron chi connectivity index (χ3n) is 10.9. The summed E-state index contributed by atoms with van der Waals surface area (Å²) in [5.41, 5.74) is 9.83. The van der Waals surface area contributed by atoms with Crippen LogP contribution in [0.4, 0.5) is 0 Å². The van der Waals surface area contributed by atoms with Gasteiger partial charge >= 0.3 is 0 Å². The van der Waals surface area contributed by atoms with Crippen molar-refractivity contribution in [3.05, 3.63) is 114 Å². The van der Waals surface area contributed by atoms with Crippen molar-refractivity contribution in [2.75, 3.05) is 0 Å². The SMILES string of the molecule is Cc1cccc2c1c1cccc(-c3ccc(C45CC6CC(CC(C6)C4)C5)cc3)c1n2-c1ccc2ccccc2c1. The van der Waals surface area contributed by atoms with E-state index in [1.165, 1.54) is 93.5 Å². The van der Waals surface area contributed by atoms with Gasteiger partial charge < -0.3 is 4.57 Å². The first-order valence-electron chi connectivity index (χ1n) is 15.3. The zero-order chi connectivity index (χ0) is 26.4. The molecule has 1 nitrogen and oxygen atoms in total. The first kappa shape index (κ1) is 22.9. The summed E-state index contributed by atoms with van der Waals surface area (Å²) in [6, 6.07) is 39.1. The van der Waals surface area contributed by atoms with E-state index in [0.717, 1.165) is 17.8 Å². The molecule has 4 bridgehead atoms. The van der Waals surface area contributed by atoms with Crippen LogP contribution in [0.15, 0.2) is 103 Å². The smallest absolute Gasteiger partial charge is 0.0619 e. The minimum atomic E-state index is 0.441. The molecule has 4 aliphatic carbocycles. The second kappa shape index (κ2) is 8.33. The number of para-hydroxylation sites is 1. The number of hydrogen-bond donors (Lipinski definition) is 0. The van der Waals surface area contributed by atoms with Gasteiger partial charge in [-0.05, 0) is 114 Å². The topological polar surface area (TPSA) is 4.93 Å². The Morgan fingerprint density at radius 3 is 2.10 bits per heavy atom. The Morgan fingerprint density at radius 2 is 1.35 bits per heavy atom. The molecule has 0 amide bonds. The summed E-state index contributed by atoms with van der Waals surface area (Å²) < 4.78 is 2.51. The molecule has 0 spiro atoms. The first-order valence-corrected chi connectivity index (χ1v) is 15.3. The maximum Gasteiger partial charge on any atom is 0.0619 e. The van der Waals surface area contributed by atoms with Gasteiger partial charge in [0.25, 0.3) is 0 Å². The second-order valence-corrected chi connectivity index (χ2v) is 13.3. The monoisotopic (exact) mass is 517 g/mol. The molecular weight excluding hydrogens is 482 g/mol. The fourth-order valence-corrected chi connectivity index (χ4v) is 9.58. The molecule has 5 aromatic carbocycles. The van der Waals surface area contributed by atoms with E-state index in [-0.39, 0.29) is 0 Å². The minimum Gasteiger partial charge on any atom is -0.309 e. The molecule has 4 aliphatic rings. The lowest BCUT2D eigenvalue weighted by Gasteiger charge is -2.57. The van der Waals surface area contributed by atoms with E-state index in [9.17, 15) is 0 Å². The molecule has 1 heterocycles. The zero-order valence-electron chi connectivity index (χ0n) is 23.2. The predicted octanol–water partition coefficient (Wildman–Crippen LogP) is 10.4. The van der Waals surface area contributed by atoms with Crippen LogP contribution in [0, 0.1) is 24.7 Å². The number of rotatable bonds is 3. The Balaban J connectivity index is 1.24. The van der Waals surface area contributed by atoms with Gasteiger partial charge in [0.2, 0.25) is 0 Å². The summed E-state index contributed by atoms with van der Waals surface area (Å²) in [5, 5.41) is 5.25. The number of benzene rings is 5. The standard InChI is InChI=1S/C39H35N/c1-25-6-4-11-36-37(25)35-10-5-9-34(38(35)40(36)33-17-14-29-7-2-3-8-31(29)21-33)30-12-15-32(16-13-30)39-22-26-18-27(23-39)20-28(19-26)24-39/h2-17,21,26-28H,18-20,22-24H2,1H3. The van der Waals surface area contributed by atoms with Gasteiger partial charge in [0.1, 0.15) is 0 Å². The highest BCUT2D eigenvalue weighted by Gasteiger charge is 2.51. The number of aryl methyl sites for hydroxylation is 1. The molecule has 4 saturated carbocycles. The Morgan fingerprint density at radius 1 is 0.650 bits per heavy atom. The fraction of sp³-hybridized carbons (Fsp3) is 0.282. The summed E-state index contributed by atoms with van der Waals surface area (Å²) in [5.74, 6) is 2.92. The quantitative estimate of drug-likeness (QED) is 0.220. The lowest BCUT2D eigenvalue weighted by atomic mass is 9.48. The van der Waals surface area contributed by atoms with Crippen molar-refractivity contribution in [1.29, 1.82) is 0 Å². The number of fused-ring (bicyclic) bond motifs is 4. The molecule has 0 saturated heterocycles. The van der Waals surface area contributed by atoms with Crippen LogP contribution in [-0.4, -0.2) is 4.57 Å². The second-order valence-electron chi connectivity index (χ2n) is 13.3. The maximum atomic E-state index is 2.51. The molecule has 1 heteroatoms. The van der Waals surface area contributed by atoms with E-state index in [1.54, 1.807) is 5.56 Å². The summed E-state index contributed by atoms with van der Waals surface area (Å²) in [4.78, 5) is 0. The molecule has 0 radical (unpaired) electrons. The van der Waals surface area contributed by atoms with Gasteiger partial charge in [0, 0.05) is 22.0 Å². The summed E-state index contributed by atoms with van der Waals surface area (Å²) in [7, 11) is 0. The van der Waals surface area contributed by atoms with E-state index in [2.05, 4.69) is 115 Å². The normalized spacial score (nSPS) is 25.4. The van der Waals surface area contributed by atoms with E-state index in [0.29, 0.717) is 5.41 Å². The fourth-order valence-electron chi connectivity index (χ4n) is 9.58. The van der Waals surface area contributed by atoms with Gasteiger partial charge in [0.15, 0.2) is 0 Å². The highest BCUT2D eigenvalue weighted by Crippen LogP contribution is 2.60. The summed E-state index contributed by atoms with van der Waals surface area (Å²) in [6.07, 6.45) is 8.75. The van der Waals surface area contributed by atoms with Crippen LogP contribution < -0.4 is 0 Å². The molecule has 4 fully saturated rings. The molecule has 0 aliphatic heterocycles. The van der Waals surface area contributed by atoms with Crippen LogP contribution in [0.2, 0.25) is 0 Å². The summed E-state index contributed by atoms with van der Waals surface area (Å²) in [6.45, 7) is 2.25. The van der Waals surface area contributed by atoms with Gasteiger partial charge in [-0.2, -0.15) is 0 Å². The lowest BCUT2D eigenvalue weighted by Crippen LogP contribution is -2.48. The van der Waals surface area contributed by atoms with Gasteiger partial charge in [-0.25, -0.2) is 0 Å². The Labute approximate surface area is 236 Å². The van der Waals surface area contributed by atoms with Gasteiger partial charge in [-0.1, -0.05) is 84.9 Å². The van der Waals surface area contributed by atoms with Crippen LogP contribution >= 0.6 is 0 Å². The molecule has 0 unspecified atom stereocenters. The Kier molecular flexibility index (Phi) is 4.78. The number of hydrogen-bond acceptors (Lipinski definition) is 0. The predicted molar refractivity (Wildman–Crippen MR) is 168 cm³/mol. The average Bonchev–Trinajstić information content (AvgIpc) is 3.32. The van der Waals surface area contributed by atoms with E-state index in [4.69, 9.17) is 0 Å². The highest BCUT2D eigenvalue weighted by atomic mass is 15.0. The van der Waals surface area contributed by atoms with E-state index >= 15 is 0 Å². The van der Waals surface area contributed by atoms with Crippen molar-refractivity contribution < 1.29 is 0 Å². The van der Waals surface area contributed by atoms with E-state index < -0.39 is 0 Å². The molecule has 0 N–H and O–H groups in total. The van der Waals surface area contributed by atoms with Crippen molar-refractivity contribution in [2.45, 2.75) is 50.9 Å². The van der Waals surface area contributed by atoms with Crippen molar-refractivity contribution in [2.24, 2.45) is 17.8 Å². The van der Waals surface area contributed by atoms with Crippen molar-refractivity contribution in [3.8, 4) is 16.8 Å². The summed E-state index contributed by atoms with van der Waals surface area (Å²) >= 11 is 0. The zero-order valence-corrected chi connectivity index (χ0v) is 23.2. The molecule has 6 aromatic rings. The maximum absolute atomic E-state index is 2.51.